The van der Waals surface area contributed by atoms with Crippen LogP contribution in [-0.4, -0.2) is 48.2 Å². The van der Waals surface area contributed by atoms with Gasteiger partial charge in [0.15, 0.2) is 5.96 Å². The smallest absolute Gasteiger partial charge is 0.194 e. The Hall–Kier alpha value is -0.410. The minimum atomic E-state index is -0.0768. The number of guanidine groups is 1. The lowest BCUT2D eigenvalue weighted by molar-refractivity contribution is -0.177. The molecule has 7 heteroatoms. The Morgan fingerprint density at radius 1 is 1.50 bits per heavy atom. The van der Waals surface area contributed by atoms with E-state index in [-0.39, 0.29) is 35.0 Å². The summed E-state index contributed by atoms with van der Waals surface area (Å²) in [5, 5.41) is 6.85. The van der Waals surface area contributed by atoms with E-state index < -0.39 is 0 Å². The monoisotopic (exact) mass is 466 g/mol. The van der Waals surface area contributed by atoms with E-state index >= 15 is 0 Å². The second-order valence-corrected chi connectivity index (χ2v) is 8.13. The molecule has 1 aliphatic carbocycles. The summed E-state index contributed by atoms with van der Waals surface area (Å²) in [6, 6.07) is 0.359. The van der Waals surface area contributed by atoms with Gasteiger partial charge in [-0.1, -0.05) is 13.8 Å². The number of nitrogens with zero attached hydrogens (tertiary/aromatic N) is 3. The van der Waals surface area contributed by atoms with Crippen LogP contribution in [0.15, 0.2) is 10.4 Å². The number of halogens is 1. The van der Waals surface area contributed by atoms with Crippen molar-refractivity contribution in [1.29, 1.82) is 0 Å². The summed E-state index contributed by atoms with van der Waals surface area (Å²) in [7, 11) is 3.87. The lowest BCUT2D eigenvalue weighted by atomic mass is 9.56. The van der Waals surface area contributed by atoms with E-state index in [9.17, 15) is 0 Å². The summed E-state index contributed by atoms with van der Waals surface area (Å²) in [6.45, 7) is 12.3. The molecule has 2 atom stereocenters. The molecule has 0 spiro atoms. The first-order valence-electron chi connectivity index (χ1n) is 8.21. The third-order valence-corrected chi connectivity index (χ3v) is 6.14. The van der Waals surface area contributed by atoms with Crippen molar-refractivity contribution in [1.82, 2.24) is 15.2 Å². The quantitative estimate of drug-likeness (QED) is 0.409. The van der Waals surface area contributed by atoms with Crippen molar-refractivity contribution >= 4 is 41.3 Å². The van der Waals surface area contributed by atoms with Gasteiger partial charge < -0.3 is 15.0 Å². The van der Waals surface area contributed by atoms with Gasteiger partial charge in [0.1, 0.15) is 0 Å². The molecule has 5 nitrogen and oxygen atoms in total. The molecule has 1 aromatic rings. The predicted molar refractivity (Wildman–Crippen MR) is 112 cm³/mol. The Morgan fingerprint density at radius 2 is 2.17 bits per heavy atom. The van der Waals surface area contributed by atoms with E-state index in [0.29, 0.717) is 6.04 Å². The maximum atomic E-state index is 5.72. The van der Waals surface area contributed by atoms with Crippen molar-refractivity contribution < 1.29 is 4.74 Å². The van der Waals surface area contributed by atoms with E-state index in [4.69, 9.17) is 4.74 Å². The van der Waals surface area contributed by atoms with Crippen LogP contribution in [0, 0.1) is 12.3 Å². The molecule has 24 heavy (non-hydrogen) atoms. The second-order valence-electron chi connectivity index (χ2n) is 7.07. The highest BCUT2D eigenvalue weighted by Gasteiger charge is 2.58. The zero-order valence-electron chi connectivity index (χ0n) is 15.8. The number of nitrogens with one attached hydrogen (secondary N) is 1. The van der Waals surface area contributed by atoms with Crippen molar-refractivity contribution in [2.24, 2.45) is 10.4 Å². The summed E-state index contributed by atoms with van der Waals surface area (Å²) >= 11 is 1.69. The van der Waals surface area contributed by atoms with Crippen molar-refractivity contribution in [3.05, 3.63) is 16.1 Å². The minimum absolute atomic E-state index is 0. The third-order valence-electron chi connectivity index (χ3n) is 5.32. The van der Waals surface area contributed by atoms with Gasteiger partial charge in [0.05, 0.1) is 22.8 Å². The van der Waals surface area contributed by atoms with Crippen LogP contribution in [0.4, 0.5) is 0 Å². The summed E-state index contributed by atoms with van der Waals surface area (Å²) in [4.78, 5) is 11.3. The Kier molecular flexibility index (Phi) is 7.49. The summed E-state index contributed by atoms with van der Waals surface area (Å²) in [5.74, 6) is 0.939. The van der Waals surface area contributed by atoms with Crippen LogP contribution in [0.25, 0.3) is 0 Å². The van der Waals surface area contributed by atoms with E-state index in [1.165, 1.54) is 0 Å². The van der Waals surface area contributed by atoms with Crippen molar-refractivity contribution in [3.63, 3.8) is 0 Å². The standard InChI is InChI=1S/C17H30N4OS.HI/c1-8-18-15(21(6)10-13-11-23-12(2)19-13)20-14-9-17(5,22-7)16(14,3)4;/h11,14H,8-10H2,1-7H3,(H,18,20);1H. The zero-order valence-corrected chi connectivity index (χ0v) is 19.0. The molecule has 1 saturated carbocycles. The SMILES string of the molecule is CCN=C(NC1CC(C)(OC)C1(C)C)N(C)Cc1csc(C)n1.I. The van der Waals surface area contributed by atoms with Crippen LogP contribution in [0.2, 0.25) is 0 Å². The first-order valence-corrected chi connectivity index (χ1v) is 9.09. The topological polar surface area (TPSA) is 49.8 Å². The van der Waals surface area contributed by atoms with Crippen LogP contribution in [0.5, 0.6) is 0 Å². The number of methoxy groups -OCH3 is 1. The third kappa shape index (κ3) is 4.22. The number of hydrogen-bond acceptors (Lipinski definition) is 4. The molecule has 1 aliphatic rings. The van der Waals surface area contributed by atoms with E-state index in [2.05, 4.69) is 60.3 Å². The average molecular weight is 466 g/mol. The fourth-order valence-electron chi connectivity index (χ4n) is 3.10. The molecular formula is C17H31IN4OS. The van der Waals surface area contributed by atoms with Gasteiger partial charge in [-0.25, -0.2) is 4.98 Å². The zero-order chi connectivity index (χ0) is 17.3. The molecule has 0 saturated heterocycles. The van der Waals surface area contributed by atoms with Crippen molar-refractivity contribution in [2.45, 2.75) is 59.2 Å². The number of rotatable bonds is 5. The molecule has 2 unspecified atom stereocenters. The Balaban J connectivity index is 0.00000288. The molecule has 1 fully saturated rings. The number of aliphatic imine (C=N–C) groups is 1. The number of aromatic nitrogens is 1. The average Bonchev–Trinajstić information content (AvgIpc) is 2.90. The Morgan fingerprint density at radius 3 is 2.62 bits per heavy atom. The lowest BCUT2D eigenvalue weighted by Gasteiger charge is -2.59. The van der Waals surface area contributed by atoms with Gasteiger partial charge in [-0.05, 0) is 27.2 Å². The Bertz CT molecular complexity index is 575. The largest absolute Gasteiger partial charge is 0.378 e. The number of hydrogen-bond donors (Lipinski definition) is 1. The van der Waals surface area contributed by atoms with E-state index in [1.807, 2.05) is 6.92 Å². The number of ether oxygens (including phenoxy) is 1. The molecule has 1 heterocycles. The minimum Gasteiger partial charge on any atom is -0.378 e. The molecule has 0 amide bonds. The molecule has 138 valence electrons. The second kappa shape index (κ2) is 8.31. The molecule has 1 N–H and O–H groups in total. The first kappa shape index (κ1) is 21.6. The summed E-state index contributed by atoms with van der Waals surface area (Å²) in [5.41, 5.74) is 1.08. The van der Waals surface area contributed by atoms with Crippen LogP contribution < -0.4 is 5.32 Å². The van der Waals surface area contributed by atoms with Gasteiger partial charge in [-0.2, -0.15) is 0 Å². The fraction of sp³-hybridized carbons (Fsp3) is 0.765. The van der Waals surface area contributed by atoms with Crippen LogP contribution in [0.1, 0.15) is 44.8 Å². The normalized spacial score (nSPS) is 25.6. The molecule has 0 bridgehead atoms. The maximum Gasteiger partial charge on any atom is 0.194 e. The van der Waals surface area contributed by atoms with E-state index in [1.54, 1.807) is 18.4 Å². The maximum absolute atomic E-state index is 5.72. The van der Waals surface area contributed by atoms with Crippen LogP contribution in [0.3, 0.4) is 0 Å². The highest BCUT2D eigenvalue weighted by molar-refractivity contribution is 14.0. The highest BCUT2D eigenvalue weighted by atomic mass is 127. The van der Waals surface area contributed by atoms with Gasteiger partial charge in [-0.15, -0.1) is 35.3 Å². The van der Waals surface area contributed by atoms with E-state index in [0.717, 1.165) is 36.2 Å². The molecule has 0 aliphatic heterocycles. The lowest BCUT2D eigenvalue weighted by Crippen LogP contribution is -2.69. The molecule has 0 aromatic carbocycles. The first-order chi connectivity index (χ1) is 10.7. The summed E-state index contributed by atoms with van der Waals surface area (Å²) in [6.07, 6.45) is 0.989. The van der Waals surface area contributed by atoms with Gasteiger partial charge >= 0.3 is 0 Å². The molecular weight excluding hydrogens is 435 g/mol. The molecule has 2 rings (SSSR count). The Labute approximate surface area is 167 Å². The van der Waals surface area contributed by atoms with Crippen LogP contribution >= 0.6 is 35.3 Å². The van der Waals surface area contributed by atoms with Crippen molar-refractivity contribution in [3.8, 4) is 0 Å². The van der Waals surface area contributed by atoms with Gasteiger partial charge in [0.2, 0.25) is 0 Å². The van der Waals surface area contributed by atoms with Crippen LogP contribution in [-0.2, 0) is 11.3 Å². The van der Waals surface area contributed by atoms with Gasteiger partial charge in [-0.3, -0.25) is 4.99 Å². The fourth-order valence-corrected chi connectivity index (χ4v) is 3.71. The van der Waals surface area contributed by atoms with Gasteiger partial charge in [0.25, 0.3) is 0 Å². The predicted octanol–water partition coefficient (Wildman–Crippen LogP) is 3.67. The molecule has 1 aromatic heterocycles. The number of thiazole rings is 1. The molecule has 0 radical (unpaired) electrons. The number of aryl methyl sites for hydroxylation is 1. The summed E-state index contributed by atoms with van der Waals surface area (Å²) < 4.78 is 5.72. The van der Waals surface area contributed by atoms with Gasteiger partial charge in [0, 0.05) is 37.5 Å². The highest BCUT2D eigenvalue weighted by Crippen LogP contribution is 2.51. The van der Waals surface area contributed by atoms with Crippen molar-refractivity contribution in [2.75, 3.05) is 20.7 Å².